The fourth-order valence-corrected chi connectivity index (χ4v) is 1.92. The van der Waals surface area contributed by atoms with Gasteiger partial charge >= 0.3 is 12.0 Å². The Morgan fingerprint density at radius 2 is 1.86 bits per heavy atom. The van der Waals surface area contributed by atoms with Crippen LogP contribution in [0.15, 0.2) is 24.3 Å². The lowest BCUT2D eigenvalue weighted by Crippen LogP contribution is -2.46. The molecule has 21 heavy (non-hydrogen) atoms. The Balaban J connectivity index is 2.58. The minimum Gasteiger partial charge on any atom is -0.497 e. The number of hydrogen-bond donors (Lipinski definition) is 3. The Kier molecular flexibility index (Phi) is 6.52. The van der Waals surface area contributed by atoms with Gasteiger partial charge in [-0.2, -0.15) is 0 Å². The zero-order valence-electron chi connectivity index (χ0n) is 12.6. The molecular formula is C15H22N2O4. The summed E-state index contributed by atoms with van der Waals surface area (Å²) >= 11 is 0. The molecule has 2 atom stereocenters. The molecule has 1 rings (SSSR count). The van der Waals surface area contributed by atoms with Crippen LogP contribution in [0.5, 0.6) is 5.75 Å². The second-order valence-corrected chi connectivity index (χ2v) is 4.79. The van der Waals surface area contributed by atoms with Crippen molar-refractivity contribution < 1.29 is 19.4 Å². The van der Waals surface area contributed by atoms with Gasteiger partial charge in [-0.15, -0.1) is 0 Å². The number of hydrogen-bond acceptors (Lipinski definition) is 3. The van der Waals surface area contributed by atoms with Crippen LogP contribution in [0, 0.1) is 0 Å². The molecule has 1 aromatic carbocycles. The van der Waals surface area contributed by atoms with E-state index < -0.39 is 18.0 Å². The van der Waals surface area contributed by atoms with Crippen LogP contribution in [-0.4, -0.2) is 30.3 Å². The SMILES string of the molecule is CCC[C@H](NC(=O)NC(C)c1ccc(OC)cc1)C(=O)O. The fraction of sp³-hybridized carbons (Fsp3) is 0.467. The minimum absolute atomic E-state index is 0.230. The zero-order chi connectivity index (χ0) is 15.8. The first-order valence-corrected chi connectivity index (χ1v) is 6.91. The van der Waals surface area contributed by atoms with Gasteiger partial charge in [0, 0.05) is 0 Å². The number of carboxylic acids is 1. The molecular weight excluding hydrogens is 272 g/mol. The summed E-state index contributed by atoms with van der Waals surface area (Å²) in [5.41, 5.74) is 0.910. The highest BCUT2D eigenvalue weighted by Gasteiger charge is 2.19. The zero-order valence-corrected chi connectivity index (χ0v) is 12.6. The third-order valence-corrected chi connectivity index (χ3v) is 3.14. The Bertz CT molecular complexity index is 473. The Labute approximate surface area is 124 Å². The maximum atomic E-state index is 11.8. The predicted octanol–water partition coefficient (Wildman–Crippen LogP) is 2.31. The second-order valence-electron chi connectivity index (χ2n) is 4.79. The van der Waals surface area contributed by atoms with Crippen LogP contribution >= 0.6 is 0 Å². The van der Waals surface area contributed by atoms with E-state index in [2.05, 4.69) is 10.6 Å². The Morgan fingerprint density at radius 1 is 1.24 bits per heavy atom. The molecule has 6 nitrogen and oxygen atoms in total. The van der Waals surface area contributed by atoms with Gasteiger partial charge < -0.3 is 20.5 Å². The van der Waals surface area contributed by atoms with Crippen molar-refractivity contribution in [1.29, 1.82) is 0 Å². The number of aliphatic carboxylic acids is 1. The number of carboxylic acid groups (broad SMARTS) is 1. The van der Waals surface area contributed by atoms with Gasteiger partial charge in [0.05, 0.1) is 13.2 Å². The van der Waals surface area contributed by atoms with Crippen LogP contribution in [-0.2, 0) is 4.79 Å². The maximum Gasteiger partial charge on any atom is 0.326 e. The summed E-state index contributed by atoms with van der Waals surface area (Å²) in [5, 5.41) is 14.2. The quantitative estimate of drug-likeness (QED) is 0.720. The number of amides is 2. The molecule has 0 aliphatic heterocycles. The van der Waals surface area contributed by atoms with Crippen LogP contribution < -0.4 is 15.4 Å². The number of benzene rings is 1. The van der Waals surface area contributed by atoms with E-state index in [4.69, 9.17) is 9.84 Å². The van der Waals surface area contributed by atoms with Gasteiger partial charge in [-0.3, -0.25) is 0 Å². The monoisotopic (exact) mass is 294 g/mol. The summed E-state index contributed by atoms with van der Waals surface area (Å²) in [6, 6.07) is 5.74. The summed E-state index contributed by atoms with van der Waals surface area (Å²) < 4.78 is 5.07. The number of methoxy groups -OCH3 is 1. The number of carbonyl (C=O) groups excluding carboxylic acids is 1. The van der Waals surface area contributed by atoms with E-state index in [9.17, 15) is 9.59 Å². The minimum atomic E-state index is -1.02. The van der Waals surface area contributed by atoms with Gasteiger partial charge in [0.2, 0.25) is 0 Å². The predicted molar refractivity (Wildman–Crippen MR) is 79.4 cm³/mol. The fourth-order valence-electron chi connectivity index (χ4n) is 1.92. The molecule has 0 saturated heterocycles. The number of nitrogens with one attached hydrogen (secondary N) is 2. The molecule has 0 aliphatic rings. The lowest BCUT2D eigenvalue weighted by atomic mass is 10.1. The molecule has 0 radical (unpaired) electrons. The number of ether oxygens (including phenoxy) is 1. The van der Waals surface area contributed by atoms with Crippen molar-refractivity contribution >= 4 is 12.0 Å². The largest absolute Gasteiger partial charge is 0.497 e. The van der Waals surface area contributed by atoms with Crippen molar-refractivity contribution in [2.45, 2.75) is 38.8 Å². The molecule has 0 spiro atoms. The average Bonchev–Trinajstić information content (AvgIpc) is 2.46. The smallest absolute Gasteiger partial charge is 0.326 e. The van der Waals surface area contributed by atoms with Crippen molar-refractivity contribution in [1.82, 2.24) is 10.6 Å². The molecule has 0 aromatic heterocycles. The average molecular weight is 294 g/mol. The van der Waals surface area contributed by atoms with Gasteiger partial charge in [-0.05, 0) is 31.0 Å². The van der Waals surface area contributed by atoms with Crippen molar-refractivity contribution in [2.24, 2.45) is 0 Å². The molecule has 0 aliphatic carbocycles. The summed E-state index contributed by atoms with van der Waals surface area (Å²) in [5.74, 6) is -0.284. The lowest BCUT2D eigenvalue weighted by molar-refractivity contribution is -0.139. The molecule has 3 N–H and O–H groups in total. The van der Waals surface area contributed by atoms with Crippen LogP contribution in [0.4, 0.5) is 4.79 Å². The van der Waals surface area contributed by atoms with Crippen molar-refractivity contribution in [3.63, 3.8) is 0 Å². The first-order chi connectivity index (χ1) is 9.97. The summed E-state index contributed by atoms with van der Waals surface area (Å²) in [6.07, 6.45) is 1.09. The summed E-state index contributed by atoms with van der Waals surface area (Å²) in [4.78, 5) is 22.8. The Hall–Kier alpha value is -2.24. The molecule has 0 saturated carbocycles. The number of urea groups is 1. The van der Waals surface area contributed by atoms with Gasteiger partial charge in [0.25, 0.3) is 0 Å². The van der Waals surface area contributed by atoms with E-state index >= 15 is 0 Å². The van der Waals surface area contributed by atoms with E-state index in [-0.39, 0.29) is 6.04 Å². The topological polar surface area (TPSA) is 87.7 Å². The molecule has 6 heteroatoms. The van der Waals surface area contributed by atoms with Crippen LogP contribution in [0.1, 0.15) is 38.3 Å². The van der Waals surface area contributed by atoms with E-state index in [1.54, 1.807) is 7.11 Å². The van der Waals surface area contributed by atoms with E-state index in [0.29, 0.717) is 12.8 Å². The number of carbonyl (C=O) groups is 2. The Morgan fingerprint density at radius 3 is 2.33 bits per heavy atom. The van der Waals surface area contributed by atoms with E-state index in [1.807, 2.05) is 38.1 Å². The summed E-state index contributed by atoms with van der Waals surface area (Å²) in [6.45, 7) is 3.70. The summed E-state index contributed by atoms with van der Waals surface area (Å²) in [7, 11) is 1.59. The van der Waals surface area contributed by atoms with Crippen LogP contribution in [0.25, 0.3) is 0 Å². The normalized spacial score (nSPS) is 13.1. The molecule has 0 fully saturated rings. The van der Waals surface area contributed by atoms with E-state index in [0.717, 1.165) is 11.3 Å². The van der Waals surface area contributed by atoms with E-state index in [1.165, 1.54) is 0 Å². The lowest BCUT2D eigenvalue weighted by Gasteiger charge is -2.18. The maximum absolute atomic E-state index is 11.8. The van der Waals surface area contributed by atoms with Gasteiger partial charge in [-0.25, -0.2) is 9.59 Å². The molecule has 0 heterocycles. The highest BCUT2D eigenvalue weighted by atomic mass is 16.5. The van der Waals surface area contributed by atoms with Crippen LogP contribution in [0.2, 0.25) is 0 Å². The van der Waals surface area contributed by atoms with Gasteiger partial charge in [0.1, 0.15) is 11.8 Å². The van der Waals surface area contributed by atoms with Crippen LogP contribution in [0.3, 0.4) is 0 Å². The third kappa shape index (κ3) is 5.33. The highest BCUT2D eigenvalue weighted by molar-refractivity contribution is 5.82. The van der Waals surface area contributed by atoms with Crippen molar-refractivity contribution in [3.8, 4) is 5.75 Å². The van der Waals surface area contributed by atoms with Crippen molar-refractivity contribution in [3.05, 3.63) is 29.8 Å². The standard InChI is InChI=1S/C15H22N2O4/c1-4-5-13(14(18)19)17-15(20)16-10(2)11-6-8-12(21-3)9-7-11/h6-10,13H,4-5H2,1-3H3,(H,18,19)(H2,16,17,20)/t10?,13-/m0/s1. The van der Waals surface area contributed by atoms with Crippen molar-refractivity contribution in [2.75, 3.05) is 7.11 Å². The molecule has 1 aromatic rings. The second kappa shape index (κ2) is 8.14. The first-order valence-electron chi connectivity index (χ1n) is 6.91. The van der Waals surface area contributed by atoms with Gasteiger partial charge in [0.15, 0.2) is 0 Å². The molecule has 0 bridgehead atoms. The van der Waals surface area contributed by atoms with Gasteiger partial charge in [-0.1, -0.05) is 25.5 Å². The highest BCUT2D eigenvalue weighted by Crippen LogP contribution is 2.17. The molecule has 1 unspecified atom stereocenters. The third-order valence-electron chi connectivity index (χ3n) is 3.14. The number of rotatable bonds is 7. The molecule has 116 valence electrons. The molecule has 2 amide bonds. The first kappa shape index (κ1) is 16.8.